The second-order valence-corrected chi connectivity index (χ2v) is 10.4. The third kappa shape index (κ3) is 7.67. The van der Waals surface area contributed by atoms with Crippen molar-refractivity contribution in [2.45, 2.75) is 58.5 Å². The number of carboxylic acid groups (broad SMARTS) is 1. The normalized spacial score (nSPS) is 19.3. The number of carbonyl (C=O) groups is 1. The van der Waals surface area contributed by atoms with Crippen molar-refractivity contribution in [2.75, 3.05) is 26.2 Å². The lowest BCUT2D eigenvalue weighted by Gasteiger charge is -2.31. The first kappa shape index (κ1) is 28.3. The van der Waals surface area contributed by atoms with Gasteiger partial charge in [0.15, 0.2) is 0 Å². The fraction of sp³-hybridized carbons (Fsp3) is 0.406. The van der Waals surface area contributed by atoms with Crippen LogP contribution in [-0.4, -0.2) is 57.3 Å². The minimum absolute atomic E-state index is 0.0701. The van der Waals surface area contributed by atoms with Gasteiger partial charge in [0.25, 0.3) is 5.97 Å². The molecule has 2 heterocycles. The average molecular weight is 533 g/mol. The van der Waals surface area contributed by atoms with Crippen molar-refractivity contribution in [2.24, 2.45) is 0 Å². The van der Waals surface area contributed by atoms with Gasteiger partial charge in [0.1, 0.15) is 18.1 Å². The number of fused-ring (bicyclic) bond motifs is 1. The summed E-state index contributed by atoms with van der Waals surface area (Å²) in [6.07, 6.45) is 9.71. The van der Waals surface area contributed by atoms with Crippen LogP contribution in [0.4, 0.5) is 0 Å². The molecule has 3 N–H and O–H groups in total. The number of ether oxygens (including phenoxy) is 1. The van der Waals surface area contributed by atoms with E-state index in [-0.39, 0.29) is 11.8 Å². The number of carboxylic acids is 1. The number of hydrogen-bond acceptors (Lipinski definition) is 6. The number of likely N-dealkylation sites (tertiary alicyclic amines) is 1. The SMILES string of the molecule is CC(=O)O.CC1=C2CC(O)=CC=C2N(Cc2ccc(OCCN3CCCCCC3)cc2)C1c1ccc(O)cc1. The van der Waals surface area contributed by atoms with E-state index < -0.39 is 5.97 Å². The van der Waals surface area contributed by atoms with E-state index in [9.17, 15) is 10.2 Å². The van der Waals surface area contributed by atoms with Crippen LogP contribution in [0, 0.1) is 0 Å². The minimum Gasteiger partial charge on any atom is -0.512 e. The summed E-state index contributed by atoms with van der Waals surface area (Å²) in [5.74, 6) is 0.752. The summed E-state index contributed by atoms with van der Waals surface area (Å²) >= 11 is 0. The molecular formula is C32H40N2O5. The van der Waals surface area contributed by atoms with E-state index in [4.69, 9.17) is 14.6 Å². The van der Waals surface area contributed by atoms with E-state index in [0.29, 0.717) is 12.2 Å². The highest BCUT2D eigenvalue weighted by molar-refractivity contribution is 5.63. The van der Waals surface area contributed by atoms with Gasteiger partial charge in [-0.3, -0.25) is 9.69 Å². The maximum absolute atomic E-state index is 10.2. The van der Waals surface area contributed by atoms with Crippen molar-refractivity contribution >= 4 is 5.97 Å². The predicted octanol–water partition coefficient (Wildman–Crippen LogP) is 6.34. The predicted molar refractivity (Wildman–Crippen MR) is 153 cm³/mol. The van der Waals surface area contributed by atoms with Crippen molar-refractivity contribution in [1.82, 2.24) is 9.80 Å². The van der Waals surface area contributed by atoms with E-state index in [1.807, 2.05) is 18.2 Å². The number of aromatic hydroxyl groups is 1. The highest BCUT2D eigenvalue weighted by Crippen LogP contribution is 2.47. The summed E-state index contributed by atoms with van der Waals surface area (Å²) in [5, 5.41) is 27.4. The lowest BCUT2D eigenvalue weighted by atomic mass is 9.96. The van der Waals surface area contributed by atoms with E-state index in [0.717, 1.165) is 43.6 Å². The Morgan fingerprint density at radius 1 is 0.949 bits per heavy atom. The molecule has 1 saturated heterocycles. The Morgan fingerprint density at radius 3 is 2.23 bits per heavy atom. The number of benzene rings is 2. The van der Waals surface area contributed by atoms with Crippen molar-refractivity contribution in [3.8, 4) is 11.5 Å². The summed E-state index contributed by atoms with van der Waals surface area (Å²) < 4.78 is 6.06. The smallest absolute Gasteiger partial charge is 0.300 e. The summed E-state index contributed by atoms with van der Waals surface area (Å²) in [6, 6.07) is 16.0. The summed E-state index contributed by atoms with van der Waals surface area (Å²) in [5.41, 5.74) is 5.95. The molecule has 0 bridgehead atoms. The Labute approximate surface area is 231 Å². The van der Waals surface area contributed by atoms with Gasteiger partial charge >= 0.3 is 0 Å². The van der Waals surface area contributed by atoms with Crippen LogP contribution in [0.25, 0.3) is 0 Å². The molecular weight excluding hydrogens is 492 g/mol. The minimum atomic E-state index is -0.833. The molecule has 39 heavy (non-hydrogen) atoms. The van der Waals surface area contributed by atoms with Gasteiger partial charge in [-0.1, -0.05) is 37.1 Å². The molecule has 0 aromatic heterocycles. The molecule has 3 aliphatic rings. The van der Waals surface area contributed by atoms with E-state index in [1.165, 1.54) is 55.5 Å². The number of phenols is 1. The van der Waals surface area contributed by atoms with Crippen molar-refractivity contribution in [1.29, 1.82) is 0 Å². The molecule has 0 spiro atoms. The maximum Gasteiger partial charge on any atom is 0.300 e. The first-order chi connectivity index (χ1) is 18.8. The molecule has 1 unspecified atom stereocenters. The molecule has 5 rings (SSSR count). The molecule has 0 radical (unpaired) electrons. The molecule has 2 aromatic carbocycles. The number of rotatable bonds is 7. The third-order valence-electron chi connectivity index (χ3n) is 7.47. The Bertz CT molecular complexity index is 1200. The first-order valence-corrected chi connectivity index (χ1v) is 13.8. The van der Waals surface area contributed by atoms with E-state index >= 15 is 0 Å². The Hall–Kier alpha value is -3.71. The number of aliphatic hydroxyl groups excluding tert-OH is 1. The summed E-state index contributed by atoms with van der Waals surface area (Å²) in [6.45, 7) is 8.09. The highest BCUT2D eigenvalue weighted by Gasteiger charge is 2.36. The fourth-order valence-electron chi connectivity index (χ4n) is 5.56. The monoisotopic (exact) mass is 532 g/mol. The Balaban J connectivity index is 0.000000826. The lowest BCUT2D eigenvalue weighted by molar-refractivity contribution is -0.134. The van der Waals surface area contributed by atoms with Crippen molar-refractivity contribution < 1.29 is 24.9 Å². The van der Waals surface area contributed by atoms with E-state index in [1.54, 1.807) is 18.2 Å². The lowest BCUT2D eigenvalue weighted by Crippen LogP contribution is -2.29. The molecule has 7 heteroatoms. The third-order valence-corrected chi connectivity index (χ3v) is 7.47. The van der Waals surface area contributed by atoms with Gasteiger partial charge in [-0.05, 0) is 91.5 Å². The zero-order valence-electron chi connectivity index (χ0n) is 23.0. The van der Waals surface area contributed by atoms with E-state index in [2.05, 4.69) is 41.0 Å². The van der Waals surface area contributed by atoms with Crippen LogP contribution in [0.2, 0.25) is 0 Å². The van der Waals surface area contributed by atoms with Gasteiger partial charge in [0.2, 0.25) is 0 Å². The van der Waals surface area contributed by atoms with Gasteiger partial charge < -0.3 is 25.0 Å². The first-order valence-electron chi connectivity index (χ1n) is 13.8. The van der Waals surface area contributed by atoms with Crippen LogP contribution >= 0.6 is 0 Å². The van der Waals surface area contributed by atoms with Gasteiger partial charge in [0, 0.05) is 32.1 Å². The Kier molecular flexibility index (Phi) is 9.71. The number of aliphatic carboxylic acids is 1. The Morgan fingerprint density at radius 2 is 1.59 bits per heavy atom. The van der Waals surface area contributed by atoms with Crippen LogP contribution in [0.1, 0.15) is 63.1 Å². The maximum atomic E-state index is 10.2. The zero-order chi connectivity index (χ0) is 27.8. The molecule has 208 valence electrons. The molecule has 0 saturated carbocycles. The van der Waals surface area contributed by atoms with Crippen LogP contribution in [0.15, 0.2) is 83.3 Å². The van der Waals surface area contributed by atoms with Gasteiger partial charge in [-0.2, -0.15) is 0 Å². The standard InChI is InChI=1S/C30H36N2O3.C2H4O2/c1-22-28-20-26(34)12-15-29(28)32(30(22)24-8-10-25(33)11-9-24)21-23-6-13-27(14-7-23)35-19-18-31-16-4-2-3-5-17-31;1-2(3)4/h6-15,30,33-34H,2-5,16-21H2,1H3;1H3,(H,3,4). The van der Waals surface area contributed by atoms with Crippen LogP contribution < -0.4 is 4.74 Å². The molecule has 1 aliphatic carbocycles. The number of aliphatic hydroxyl groups is 1. The van der Waals surface area contributed by atoms with Crippen molar-refractivity contribution in [3.63, 3.8) is 0 Å². The largest absolute Gasteiger partial charge is 0.512 e. The number of phenolic OH excluding ortho intramolecular Hbond substituents is 1. The second kappa shape index (κ2) is 13.4. The van der Waals surface area contributed by atoms with Gasteiger partial charge in [-0.15, -0.1) is 0 Å². The van der Waals surface area contributed by atoms with Crippen LogP contribution in [-0.2, 0) is 11.3 Å². The highest BCUT2D eigenvalue weighted by atomic mass is 16.5. The molecule has 1 fully saturated rings. The molecule has 1 atom stereocenters. The number of allylic oxidation sites excluding steroid dienone is 4. The average Bonchev–Trinajstić information content (AvgIpc) is 3.05. The quantitative estimate of drug-likeness (QED) is 0.383. The number of hydrogen-bond donors (Lipinski definition) is 3. The van der Waals surface area contributed by atoms with Crippen LogP contribution in [0.5, 0.6) is 11.5 Å². The molecule has 7 nitrogen and oxygen atoms in total. The molecule has 2 aromatic rings. The topological polar surface area (TPSA) is 93.5 Å². The molecule has 2 aliphatic heterocycles. The summed E-state index contributed by atoms with van der Waals surface area (Å²) in [4.78, 5) is 13.9. The fourth-order valence-corrected chi connectivity index (χ4v) is 5.56. The molecule has 0 amide bonds. The summed E-state index contributed by atoms with van der Waals surface area (Å²) in [7, 11) is 0. The second-order valence-electron chi connectivity index (χ2n) is 10.4. The zero-order valence-corrected chi connectivity index (χ0v) is 23.0. The van der Waals surface area contributed by atoms with Gasteiger partial charge in [-0.25, -0.2) is 0 Å². The van der Waals surface area contributed by atoms with Gasteiger partial charge in [0.05, 0.1) is 11.8 Å². The van der Waals surface area contributed by atoms with Crippen LogP contribution in [0.3, 0.4) is 0 Å². The number of nitrogens with zero attached hydrogens (tertiary/aromatic N) is 2. The van der Waals surface area contributed by atoms with Crippen molar-refractivity contribution in [3.05, 3.63) is 94.4 Å².